The average molecular weight is 408 g/mol. The highest BCUT2D eigenvalue weighted by Gasteiger charge is 2.38. The lowest BCUT2D eigenvalue weighted by Gasteiger charge is -2.32. The molecule has 1 aliphatic heterocycles. The predicted octanol–water partition coefficient (Wildman–Crippen LogP) is 4.62. The van der Waals surface area contributed by atoms with Crippen molar-refractivity contribution in [1.82, 2.24) is 5.32 Å². The van der Waals surface area contributed by atoms with Crippen LogP contribution in [0, 0.1) is 0 Å². The molecule has 0 amide bonds. The zero-order valence-electron chi connectivity index (χ0n) is 17.1. The van der Waals surface area contributed by atoms with Gasteiger partial charge in [-0.05, 0) is 31.4 Å². The molecule has 1 heterocycles. The van der Waals surface area contributed by atoms with Crippen molar-refractivity contribution in [3.63, 3.8) is 0 Å². The second-order valence-corrected chi connectivity index (χ2v) is 8.90. The van der Waals surface area contributed by atoms with E-state index in [1.165, 1.54) is 6.07 Å². The van der Waals surface area contributed by atoms with Gasteiger partial charge in [-0.15, -0.1) is 0 Å². The van der Waals surface area contributed by atoms with Crippen molar-refractivity contribution in [2.24, 2.45) is 0 Å². The summed E-state index contributed by atoms with van der Waals surface area (Å²) in [5.41, 5.74) is 0.0659. The van der Waals surface area contributed by atoms with Gasteiger partial charge in [-0.2, -0.15) is 0 Å². The summed E-state index contributed by atoms with van der Waals surface area (Å²) >= 11 is 0. The lowest BCUT2D eigenvalue weighted by atomic mass is 9.91. The molecule has 1 aromatic carbocycles. The van der Waals surface area contributed by atoms with Gasteiger partial charge in [0, 0.05) is 18.2 Å². The van der Waals surface area contributed by atoms with Crippen molar-refractivity contribution in [2.45, 2.75) is 63.4 Å². The molecule has 6 heteroatoms. The number of unbranched alkanes of at least 4 members (excludes halogenated alkanes) is 1. The van der Waals surface area contributed by atoms with Crippen LogP contribution in [0.25, 0.3) is 0 Å². The number of phenols is 2. The number of allylic oxidation sites excluding steroid dienone is 5. The molecule has 0 spiro atoms. The van der Waals surface area contributed by atoms with Gasteiger partial charge in [0.05, 0.1) is 10.6 Å². The van der Waals surface area contributed by atoms with Gasteiger partial charge >= 0.3 is 0 Å². The summed E-state index contributed by atoms with van der Waals surface area (Å²) in [5.74, 6) is -0.661. The van der Waals surface area contributed by atoms with Crippen LogP contribution in [0.3, 0.4) is 0 Å². The van der Waals surface area contributed by atoms with E-state index in [4.69, 9.17) is 0 Å². The number of hydrogen-bond donors (Lipinski definition) is 3. The molecule has 5 nitrogen and oxygen atoms in total. The van der Waals surface area contributed by atoms with Crippen molar-refractivity contribution in [3.05, 3.63) is 54.7 Å². The van der Waals surface area contributed by atoms with Gasteiger partial charge in [-0.1, -0.05) is 63.6 Å². The molecule has 0 aliphatic carbocycles. The molecular formula is C22H33NO4S. The van der Waals surface area contributed by atoms with E-state index in [1.807, 2.05) is 38.2 Å². The third-order valence-corrected chi connectivity index (χ3v) is 6.83. The lowest BCUT2D eigenvalue weighted by molar-refractivity contribution is 0.313. The number of aromatic hydroxyl groups is 2. The van der Waals surface area contributed by atoms with Gasteiger partial charge in [-0.25, -0.2) is 8.42 Å². The van der Waals surface area contributed by atoms with Gasteiger partial charge in [-0.3, -0.25) is 0 Å². The summed E-state index contributed by atoms with van der Waals surface area (Å²) in [5, 5.41) is 22.6. The Morgan fingerprint density at radius 2 is 1.86 bits per heavy atom. The second-order valence-electron chi connectivity index (χ2n) is 6.95. The van der Waals surface area contributed by atoms with Crippen LogP contribution in [-0.4, -0.2) is 29.9 Å². The Labute approximate surface area is 169 Å². The summed E-state index contributed by atoms with van der Waals surface area (Å²) < 4.78 is 25.3. The van der Waals surface area contributed by atoms with Gasteiger partial charge < -0.3 is 15.5 Å². The molecule has 0 fully saturated rings. The molecule has 0 saturated carbocycles. The minimum absolute atomic E-state index is 0.0215. The van der Waals surface area contributed by atoms with Gasteiger partial charge in [0.1, 0.15) is 0 Å². The van der Waals surface area contributed by atoms with E-state index in [-0.39, 0.29) is 16.4 Å². The molecule has 28 heavy (non-hydrogen) atoms. The van der Waals surface area contributed by atoms with Crippen LogP contribution in [0.4, 0.5) is 0 Å². The molecule has 0 unspecified atom stereocenters. The van der Waals surface area contributed by atoms with E-state index in [0.717, 1.165) is 31.7 Å². The molecule has 0 radical (unpaired) electrons. The molecule has 0 bridgehead atoms. The molecular weight excluding hydrogens is 374 g/mol. The SMILES string of the molecule is C=C/C=C\C=C/C.CCCC[C@]1(CC)CS(=O)(=O)c2cc(O)c(O)cc2CN1. The second kappa shape index (κ2) is 11.1. The molecule has 3 N–H and O–H groups in total. The van der Waals surface area contributed by atoms with E-state index in [2.05, 4.69) is 18.8 Å². The summed E-state index contributed by atoms with van der Waals surface area (Å²) in [6, 6.07) is 2.49. The Balaban J connectivity index is 0.000000480. The fourth-order valence-corrected chi connectivity index (χ4v) is 5.29. The minimum Gasteiger partial charge on any atom is -0.504 e. The fraction of sp³-hybridized carbons (Fsp3) is 0.455. The van der Waals surface area contributed by atoms with E-state index in [1.54, 1.807) is 6.08 Å². The van der Waals surface area contributed by atoms with E-state index >= 15 is 0 Å². The number of phenolic OH excluding ortho intramolecular Hbond substituents is 2. The average Bonchev–Trinajstić information content (AvgIpc) is 2.77. The van der Waals surface area contributed by atoms with Crippen LogP contribution in [0.1, 0.15) is 52.0 Å². The first kappa shape index (κ1) is 24.0. The van der Waals surface area contributed by atoms with E-state index < -0.39 is 21.1 Å². The van der Waals surface area contributed by atoms with Crippen LogP contribution in [-0.2, 0) is 16.4 Å². The molecule has 1 aliphatic rings. The van der Waals surface area contributed by atoms with Crippen molar-refractivity contribution in [3.8, 4) is 11.5 Å². The minimum atomic E-state index is -3.50. The molecule has 0 aromatic heterocycles. The van der Waals surface area contributed by atoms with Gasteiger partial charge in [0.15, 0.2) is 21.3 Å². The summed E-state index contributed by atoms with van der Waals surface area (Å²) in [6.45, 7) is 9.94. The highest BCUT2D eigenvalue weighted by Crippen LogP contribution is 2.36. The first-order valence-corrected chi connectivity index (χ1v) is 11.3. The molecule has 0 saturated heterocycles. The highest BCUT2D eigenvalue weighted by molar-refractivity contribution is 7.91. The fourth-order valence-electron chi connectivity index (χ4n) is 3.14. The van der Waals surface area contributed by atoms with Crippen molar-refractivity contribution in [1.29, 1.82) is 0 Å². The summed E-state index contributed by atoms with van der Waals surface area (Å²) in [4.78, 5) is 0.122. The number of benzene rings is 1. The first-order valence-electron chi connectivity index (χ1n) is 9.68. The number of nitrogens with one attached hydrogen (secondary N) is 1. The maximum Gasteiger partial charge on any atom is 0.180 e. The van der Waals surface area contributed by atoms with E-state index in [9.17, 15) is 18.6 Å². The molecule has 1 atom stereocenters. The number of hydrogen-bond acceptors (Lipinski definition) is 5. The maximum absolute atomic E-state index is 12.7. The van der Waals surface area contributed by atoms with E-state index in [0.29, 0.717) is 12.1 Å². The highest BCUT2D eigenvalue weighted by atomic mass is 32.2. The summed E-state index contributed by atoms with van der Waals surface area (Å²) in [7, 11) is -3.50. The smallest absolute Gasteiger partial charge is 0.180 e. The standard InChI is InChI=1S/C15H23NO4S.C7H10/c1-3-5-6-15(4-2)10-21(19,20)14-8-13(18)12(17)7-11(14)9-16-15;1-3-5-7-6-4-2/h7-8,16-18H,3-6,9-10H2,1-2H3;3-7H,1H2,2H3/b;6-4-,7-5-/t15-;/m1./s1. The number of fused-ring (bicyclic) bond motifs is 1. The van der Waals surface area contributed by atoms with Crippen molar-refractivity contribution >= 4 is 9.84 Å². The normalized spacial score (nSPS) is 21.0. The third kappa shape index (κ3) is 6.53. The van der Waals surface area contributed by atoms with Crippen LogP contribution >= 0.6 is 0 Å². The van der Waals surface area contributed by atoms with Crippen molar-refractivity contribution < 1.29 is 18.6 Å². The lowest BCUT2D eigenvalue weighted by Crippen LogP contribution is -2.48. The Bertz CT molecular complexity index is 812. The number of rotatable bonds is 6. The Morgan fingerprint density at radius 1 is 1.18 bits per heavy atom. The van der Waals surface area contributed by atoms with Crippen molar-refractivity contribution in [2.75, 3.05) is 5.75 Å². The third-order valence-electron chi connectivity index (χ3n) is 4.85. The maximum atomic E-state index is 12.7. The van der Waals surface area contributed by atoms with Gasteiger partial charge in [0.25, 0.3) is 0 Å². The molecule has 156 valence electrons. The predicted molar refractivity (Wildman–Crippen MR) is 115 cm³/mol. The molecule has 1 aromatic rings. The van der Waals surface area contributed by atoms with Crippen LogP contribution in [0.15, 0.2) is 54.0 Å². The first-order chi connectivity index (χ1) is 13.2. The largest absolute Gasteiger partial charge is 0.504 e. The van der Waals surface area contributed by atoms with Gasteiger partial charge in [0.2, 0.25) is 0 Å². The topological polar surface area (TPSA) is 86.6 Å². The monoisotopic (exact) mass is 407 g/mol. The quantitative estimate of drug-likeness (QED) is 0.473. The number of sulfone groups is 1. The van der Waals surface area contributed by atoms with Crippen LogP contribution in [0.5, 0.6) is 11.5 Å². The molecule has 2 rings (SSSR count). The zero-order valence-corrected chi connectivity index (χ0v) is 17.9. The Kier molecular flexibility index (Phi) is 9.49. The summed E-state index contributed by atoms with van der Waals surface area (Å²) in [6.07, 6.45) is 13.0. The Morgan fingerprint density at radius 3 is 2.43 bits per heavy atom. The van der Waals surface area contributed by atoms with Crippen LogP contribution < -0.4 is 5.32 Å². The zero-order chi connectivity index (χ0) is 21.2. The Hall–Kier alpha value is -2.05. The van der Waals surface area contributed by atoms with Crippen LogP contribution in [0.2, 0.25) is 0 Å².